The molecule has 15 heteroatoms. The molecular weight excluding hydrogens is 938 g/mol. The molecule has 0 unspecified atom stereocenters. The van der Waals surface area contributed by atoms with Crippen molar-refractivity contribution in [3.8, 4) is 0 Å². The first-order valence-corrected chi connectivity index (χ1v) is 25.5. The Balaban J connectivity index is 1.30. The lowest BCUT2D eigenvalue weighted by Crippen LogP contribution is -2.46. The van der Waals surface area contributed by atoms with E-state index in [1.165, 1.54) is 87.8 Å². The molecule has 4 aromatic rings. The lowest BCUT2D eigenvalue weighted by atomic mass is 10.0. The van der Waals surface area contributed by atoms with E-state index < -0.39 is 41.9 Å². The van der Waals surface area contributed by atoms with Crippen LogP contribution >= 0.6 is 46.4 Å². The van der Waals surface area contributed by atoms with Crippen molar-refractivity contribution in [2.24, 2.45) is 0 Å². The third-order valence-corrected chi connectivity index (χ3v) is 13.1. The van der Waals surface area contributed by atoms with E-state index in [0.29, 0.717) is 37.8 Å². The van der Waals surface area contributed by atoms with E-state index in [1.807, 2.05) is 30.3 Å². The van der Waals surface area contributed by atoms with Crippen molar-refractivity contribution in [2.75, 3.05) is 33.5 Å². The van der Waals surface area contributed by atoms with Gasteiger partial charge in [0.25, 0.3) is 5.56 Å². The quantitative estimate of drug-likeness (QED) is 0.0431. The minimum atomic E-state index is -1.07. The highest BCUT2D eigenvalue weighted by Crippen LogP contribution is 2.35. The van der Waals surface area contributed by atoms with E-state index in [4.69, 9.17) is 79.6 Å². The van der Waals surface area contributed by atoms with Crippen LogP contribution in [0.15, 0.2) is 82.5 Å². The van der Waals surface area contributed by atoms with Gasteiger partial charge in [0.1, 0.15) is 31.1 Å². The average Bonchev–Trinajstić information content (AvgIpc) is 3.65. The molecule has 370 valence electrons. The number of halogens is 4. The van der Waals surface area contributed by atoms with Gasteiger partial charge < -0.3 is 33.2 Å². The number of aromatic nitrogens is 2. The summed E-state index contributed by atoms with van der Waals surface area (Å²) in [6.07, 6.45) is 15.3. The van der Waals surface area contributed by atoms with Crippen LogP contribution in [0.25, 0.3) is 0 Å². The molecule has 0 amide bonds. The molecule has 1 fully saturated rings. The van der Waals surface area contributed by atoms with Crippen LogP contribution in [-0.4, -0.2) is 67.1 Å². The van der Waals surface area contributed by atoms with E-state index >= 15 is 0 Å². The smallest absolute Gasteiger partial charge is 0.335 e. The molecule has 11 nitrogen and oxygen atoms in total. The highest BCUT2D eigenvalue weighted by molar-refractivity contribution is 6.35. The Morgan fingerprint density at radius 2 is 1.27 bits per heavy atom. The van der Waals surface area contributed by atoms with Crippen molar-refractivity contribution >= 4 is 46.4 Å². The van der Waals surface area contributed by atoms with E-state index in [-0.39, 0.29) is 46.4 Å². The Morgan fingerprint density at radius 3 is 1.87 bits per heavy atom. The van der Waals surface area contributed by atoms with Gasteiger partial charge in [-0.1, -0.05) is 179 Å². The minimum Gasteiger partial charge on any atom is -0.382 e. The normalized spacial score (nSPS) is 17.7. The Bertz CT molecular complexity index is 2160. The zero-order chi connectivity index (χ0) is 47.8. The maximum atomic E-state index is 14.4. The predicted octanol–water partition coefficient (Wildman–Crippen LogP) is 12.7. The van der Waals surface area contributed by atoms with Gasteiger partial charge in [-0.15, -0.1) is 0 Å². The van der Waals surface area contributed by atoms with Gasteiger partial charge in [0.05, 0.1) is 39.6 Å². The van der Waals surface area contributed by atoms with Gasteiger partial charge in [-0.2, -0.15) is 0 Å². The Hall–Kier alpha value is -2.78. The fourth-order valence-corrected chi connectivity index (χ4v) is 9.10. The summed E-state index contributed by atoms with van der Waals surface area (Å²) in [5.74, 6) is 0. The third-order valence-electron chi connectivity index (χ3n) is 11.9. The molecule has 67 heavy (non-hydrogen) atoms. The average molecular weight is 1010 g/mol. The second-order valence-electron chi connectivity index (χ2n) is 17.4. The molecule has 5 rings (SSSR count). The number of hydrogen-bond donors (Lipinski definition) is 0. The Kier molecular flexibility index (Phi) is 25.3. The number of benzene rings is 3. The fourth-order valence-electron chi connectivity index (χ4n) is 8.17. The fraction of sp³-hybridized carbons (Fsp3) is 0.577. The maximum Gasteiger partial charge on any atom is 0.335 e. The summed E-state index contributed by atoms with van der Waals surface area (Å²) in [5, 5.41) is 1.88. The van der Waals surface area contributed by atoms with E-state index in [2.05, 4.69) is 6.92 Å². The lowest BCUT2D eigenvalue weighted by molar-refractivity contribution is -0.123. The number of ether oxygens (including phenoxy) is 7. The molecule has 0 aliphatic carbocycles. The molecule has 1 aromatic heterocycles. The molecular formula is C52H70Cl4N2O9. The summed E-state index contributed by atoms with van der Waals surface area (Å²) in [7, 11) is 1.62. The molecule has 0 bridgehead atoms. The van der Waals surface area contributed by atoms with E-state index in [9.17, 15) is 9.59 Å². The van der Waals surface area contributed by atoms with Crippen molar-refractivity contribution in [3.05, 3.63) is 136 Å². The first kappa shape index (κ1) is 55.2. The van der Waals surface area contributed by atoms with Crippen LogP contribution in [0.4, 0.5) is 0 Å². The number of rotatable bonds is 33. The number of methoxy groups -OCH3 is 1. The van der Waals surface area contributed by atoms with E-state index in [0.717, 1.165) is 28.5 Å². The number of aryl methyl sites for hydroxylation is 1. The van der Waals surface area contributed by atoms with Crippen molar-refractivity contribution in [2.45, 2.75) is 161 Å². The zero-order valence-electron chi connectivity index (χ0n) is 39.5. The van der Waals surface area contributed by atoms with Crippen LogP contribution in [0.5, 0.6) is 0 Å². The highest BCUT2D eigenvalue weighted by Gasteiger charge is 2.48. The monoisotopic (exact) mass is 1010 g/mol. The highest BCUT2D eigenvalue weighted by atomic mass is 35.5. The largest absolute Gasteiger partial charge is 0.382 e. The summed E-state index contributed by atoms with van der Waals surface area (Å²) in [4.78, 5) is 27.9. The topological polar surface area (TPSA) is 109 Å². The molecule has 2 heterocycles. The molecule has 5 atom stereocenters. The summed E-state index contributed by atoms with van der Waals surface area (Å²) in [6, 6.07) is 19.9. The van der Waals surface area contributed by atoms with E-state index in [1.54, 1.807) is 50.4 Å². The SMILES string of the molecule is CCCCCCCCCCCCCCCCO[C@H](COC)CO[C@@H]1[C@H](OCc2ccc(Cl)cc2Cl)[C@@H](COCc2ccc(Cl)cc2Cl)O[C@H]1n1cc(C)c(=O)n(COCc2ccccc2)c1=O. The van der Waals surface area contributed by atoms with Crippen LogP contribution in [0.2, 0.25) is 20.1 Å². The zero-order valence-corrected chi connectivity index (χ0v) is 42.5. The lowest BCUT2D eigenvalue weighted by Gasteiger charge is -2.28. The summed E-state index contributed by atoms with van der Waals surface area (Å²) < 4.78 is 46.7. The van der Waals surface area contributed by atoms with Crippen molar-refractivity contribution in [3.63, 3.8) is 0 Å². The summed E-state index contributed by atoms with van der Waals surface area (Å²) in [5.41, 5.74) is 1.50. The second kappa shape index (κ2) is 30.7. The van der Waals surface area contributed by atoms with Gasteiger partial charge in [-0.3, -0.25) is 9.36 Å². The van der Waals surface area contributed by atoms with Gasteiger partial charge in [0.2, 0.25) is 0 Å². The van der Waals surface area contributed by atoms with Crippen LogP contribution < -0.4 is 11.2 Å². The van der Waals surface area contributed by atoms with Crippen molar-refractivity contribution < 1.29 is 33.2 Å². The second-order valence-corrected chi connectivity index (χ2v) is 19.1. The number of hydrogen-bond acceptors (Lipinski definition) is 9. The summed E-state index contributed by atoms with van der Waals surface area (Å²) >= 11 is 25.5. The minimum absolute atomic E-state index is 0.0268. The molecule has 1 saturated heterocycles. The molecule has 0 radical (unpaired) electrons. The van der Waals surface area contributed by atoms with Crippen molar-refractivity contribution in [1.82, 2.24) is 9.13 Å². The molecule has 0 N–H and O–H groups in total. The number of unbranched alkanes of at least 4 members (excludes halogenated alkanes) is 13. The first-order valence-electron chi connectivity index (χ1n) is 24.0. The van der Waals surface area contributed by atoms with Gasteiger partial charge in [0.15, 0.2) is 6.23 Å². The van der Waals surface area contributed by atoms with Crippen LogP contribution in [0, 0.1) is 6.92 Å². The van der Waals surface area contributed by atoms with Gasteiger partial charge >= 0.3 is 5.69 Å². The van der Waals surface area contributed by atoms with Gasteiger partial charge in [-0.05, 0) is 54.3 Å². The molecule has 0 saturated carbocycles. The molecule has 1 aliphatic rings. The van der Waals surface area contributed by atoms with Gasteiger partial charge in [-0.25, -0.2) is 9.36 Å². The third kappa shape index (κ3) is 18.5. The first-order chi connectivity index (χ1) is 32.6. The Labute approximate surface area is 417 Å². The van der Waals surface area contributed by atoms with Crippen molar-refractivity contribution in [1.29, 1.82) is 0 Å². The molecule has 0 spiro atoms. The number of nitrogens with zero attached hydrogens (tertiary/aromatic N) is 2. The molecule has 3 aromatic carbocycles. The Morgan fingerprint density at radius 1 is 0.672 bits per heavy atom. The van der Waals surface area contributed by atoms with Crippen LogP contribution in [-0.2, 0) is 59.7 Å². The standard InChI is InChI=1S/C52H70Cl4N2O9/c1-4-5-6-7-8-9-10-11-12-13-14-15-16-20-27-64-44(34-61-3)35-66-49-48(65-33-41-24-26-43(54)29-46(41)56)47(36-62-32-40-23-25-42(53)28-45(40)55)67-51(49)57-30-38(2)50(59)58(52(57)60)37-63-31-39-21-18-17-19-22-39/h17-19,21-26,28-30,44,47-49,51H,4-16,20,27,31-37H2,1-3H3/t44-,47-,48-,49-,51-/m1/s1. The van der Waals surface area contributed by atoms with Gasteiger partial charge in [0, 0.05) is 45.6 Å². The molecule has 1 aliphatic heterocycles. The van der Waals surface area contributed by atoms with Crippen LogP contribution in [0.1, 0.15) is 125 Å². The predicted molar refractivity (Wildman–Crippen MR) is 268 cm³/mol. The summed E-state index contributed by atoms with van der Waals surface area (Å²) in [6.45, 7) is 4.99. The van der Waals surface area contributed by atoms with Crippen LogP contribution in [0.3, 0.4) is 0 Å². The maximum absolute atomic E-state index is 14.4.